The Balaban J connectivity index is 0.901. The zero-order valence-electron chi connectivity index (χ0n) is 34.4. The van der Waals surface area contributed by atoms with Crippen molar-refractivity contribution in [2.24, 2.45) is 0 Å². The summed E-state index contributed by atoms with van der Waals surface area (Å²) >= 11 is 1.82. The Bertz CT molecular complexity index is 3910. The molecule has 5 nitrogen and oxygen atoms in total. The number of hydrogen-bond donors (Lipinski definition) is 0. The van der Waals surface area contributed by atoms with Crippen molar-refractivity contribution in [2.75, 3.05) is 0 Å². The molecule has 0 unspecified atom stereocenters. The Hall–Kier alpha value is -8.32. The number of nitrogens with zero attached hydrogens (tertiary/aromatic N) is 5. The number of hydrogen-bond acceptors (Lipinski definition) is 5. The van der Waals surface area contributed by atoms with Crippen LogP contribution >= 0.6 is 11.3 Å². The minimum absolute atomic E-state index is 0.617. The van der Waals surface area contributed by atoms with Crippen LogP contribution in [0.15, 0.2) is 212 Å². The maximum Gasteiger partial charge on any atom is 0.164 e. The Morgan fingerprint density at radius 3 is 1.64 bits per heavy atom. The summed E-state index contributed by atoms with van der Waals surface area (Å²) in [5, 5.41) is 8.59. The molecule has 0 bridgehead atoms. The van der Waals surface area contributed by atoms with Crippen molar-refractivity contribution in [3.63, 3.8) is 0 Å². The van der Waals surface area contributed by atoms with Gasteiger partial charge in [0.25, 0.3) is 0 Å². The van der Waals surface area contributed by atoms with Gasteiger partial charge in [-0.3, -0.25) is 0 Å². The first-order chi connectivity index (χ1) is 31.7. The van der Waals surface area contributed by atoms with E-state index in [1.54, 1.807) is 0 Å². The van der Waals surface area contributed by atoms with Crippen LogP contribution in [0.5, 0.6) is 0 Å². The second-order valence-corrected chi connectivity index (χ2v) is 17.3. The molecule has 0 fully saturated rings. The van der Waals surface area contributed by atoms with Crippen LogP contribution in [0.2, 0.25) is 0 Å². The summed E-state index contributed by atoms with van der Waals surface area (Å²) in [6, 6.07) is 75.0. The summed E-state index contributed by atoms with van der Waals surface area (Å²) in [6.07, 6.45) is 0. The maximum atomic E-state index is 5.41. The molecule has 9 aromatic carbocycles. The van der Waals surface area contributed by atoms with Crippen molar-refractivity contribution in [1.82, 2.24) is 24.5 Å². The lowest BCUT2D eigenvalue weighted by molar-refractivity contribution is 1.07. The Morgan fingerprint density at radius 1 is 0.344 bits per heavy atom. The molecule has 4 heterocycles. The number of para-hydroxylation sites is 2. The lowest BCUT2D eigenvalue weighted by Crippen LogP contribution is -2.01. The van der Waals surface area contributed by atoms with E-state index in [0.29, 0.717) is 17.5 Å². The first-order valence-corrected chi connectivity index (χ1v) is 22.3. The standard InChI is InChI=1S/C58H35N5S/c1-2-14-37(15-3-1)56-60-57(62-58(61-56)43-20-13-21-44(33-43)63-50-25-9-6-22-45(50)46-23-7-10-26-51(46)63)38-30-28-36(29-31-38)39-18-12-19-42(32-39)54-55-53(47-24-8-11-27-52(47)64-55)48-34-40-16-4-5-17-41(40)35-49(48)59-54/h1-35H. The van der Waals surface area contributed by atoms with Crippen molar-refractivity contribution >= 4 is 75.0 Å². The van der Waals surface area contributed by atoms with E-state index in [4.69, 9.17) is 19.9 Å². The average Bonchev–Trinajstić information content (AvgIpc) is 3.93. The minimum atomic E-state index is 0.617. The van der Waals surface area contributed by atoms with Gasteiger partial charge in [-0.2, -0.15) is 0 Å². The zero-order chi connectivity index (χ0) is 42.1. The van der Waals surface area contributed by atoms with Crippen LogP contribution in [0.3, 0.4) is 0 Å². The fraction of sp³-hybridized carbons (Fsp3) is 0. The topological polar surface area (TPSA) is 56.5 Å². The third-order valence-corrected chi connectivity index (χ3v) is 13.6. The molecule has 0 amide bonds. The molecule has 0 atom stereocenters. The molecule has 0 aliphatic heterocycles. The highest BCUT2D eigenvalue weighted by atomic mass is 32.1. The highest BCUT2D eigenvalue weighted by Crippen LogP contribution is 2.44. The Morgan fingerprint density at radius 2 is 0.891 bits per heavy atom. The number of thiophene rings is 1. The predicted molar refractivity (Wildman–Crippen MR) is 267 cm³/mol. The molecule has 13 aromatic rings. The Kier molecular flexibility index (Phi) is 8.32. The monoisotopic (exact) mass is 833 g/mol. The van der Waals surface area contributed by atoms with Gasteiger partial charge in [0.1, 0.15) is 0 Å². The highest BCUT2D eigenvalue weighted by Gasteiger charge is 2.19. The summed E-state index contributed by atoms with van der Waals surface area (Å²) in [7, 11) is 0. The van der Waals surface area contributed by atoms with Gasteiger partial charge < -0.3 is 4.57 Å². The average molecular weight is 834 g/mol. The van der Waals surface area contributed by atoms with Crippen molar-refractivity contribution < 1.29 is 0 Å². The van der Waals surface area contributed by atoms with Gasteiger partial charge in [-0.1, -0.05) is 164 Å². The maximum absolute atomic E-state index is 5.41. The molecule has 298 valence electrons. The number of pyridine rings is 1. The zero-order valence-corrected chi connectivity index (χ0v) is 35.2. The Labute approximate surface area is 372 Å². The first kappa shape index (κ1) is 36.3. The number of rotatable bonds is 6. The van der Waals surface area contributed by atoms with Crippen molar-refractivity contribution in [3.05, 3.63) is 212 Å². The van der Waals surface area contributed by atoms with Gasteiger partial charge in [0.05, 0.1) is 26.9 Å². The van der Waals surface area contributed by atoms with Gasteiger partial charge in [-0.15, -0.1) is 11.3 Å². The van der Waals surface area contributed by atoms with Crippen LogP contribution in [-0.4, -0.2) is 24.5 Å². The van der Waals surface area contributed by atoms with Crippen LogP contribution in [0.1, 0.15) is 0 Å². The number of fused-ring (bicyclic) bond motifs is 9. The molecular formula is C58H35N5S. The molecule has 13 rings (SSSR count). The molecule has 0 N–H and O–H groups in total. The smallest absolute Gasteiger partial charge is 0.164 e. The molecule has 6 heteroatoms. The summed E-state index contributed by atoms with van der Waals surface area (Å²) in [5.74, 6) is 1.86. The van der Waals surface area contributed by atoms with E-state index < -0.39 is 0 Å². The molecule has 0 saturated carbocycles. The minimum Gasteiger partial charge on any atom is -0.309 e. The van der Waals surface area contributed by atoms with Crippen molar-refractivity contribution in [3.8, 4) is 62.2 Å². The largest absolute Gasteiger partial charge is 0.309 e. The van der Waals surface area contributed by atoms with Crippen LogP contribution in [0.25, 0.3) is 126 Å². The van der Waals surface area contributed by atoms with Gasteiger partial charge >= 0.3 is 0 Å². The van der Waals surface area contributed by atoms with E-state index in [1.165, 1.54) is 47.1 Å². The van der Waals surface area contributed by atoms with E-state index in [-0.39, 0.29) is 0 Å². The number of benzene rings is 9. The highest BCUT2D eigenvalue weighted by molar-refractivity contribution is 7.26. The van der Waals surface area contributed by atoms with E-state index in [1.807, 2.05) is 41.7 Å². The molecule has 64 heavy (non-hydrogen) atoms. The lowest BCUT2D eigenvalue weighted by atomic mass is 9.98. The van der Waals surface area contributed by atoms with E-state index in [0.717, 1.165) is 61.3 Å². The fourth-order valence-corrected chi connectivity index (χ4v) is 10.6. The SMILES string of the molecule is c1ccc(-c2nc(-c3ccc(-c4cccc(-c5nc6cc7ccccc7cc6c6c5sc5ccccc56)c4)cc3)nc(-c3cccc(-n4c5ccccc5c5ccccc54)c3)n2)cc1. The normalized spacial score (nSPS) is 11.8. The van der Waals surface area contributed by atoms with Crippen molar-refractivity contribution in [1.29, 1.82) is 0 Å². The summed E-state index contributed by atoms with van der Waals surface area (Å²) in [5.41, 5.74) is 11.4. The quantitative estimate of drug-likeness (QED) is 0.157. The van der Waals surface area contributed by atoms with Crippen LogP contribution in [-0.2, 0) is 0 Å². The van der Waals surface area contributed by atoms with Crippen LogP contribution in [0, 0.1) is 0 Å². The lowest BCUT2D eigenvalue weighted by Gasteiger charge is -2.12. The van der Waals surface area contributed by atoms with Gasteiger partial charge in [-0.25, -0.2) is 19.9 Å². The molecule has 0 aliphatic rings. The van der Waals surface area contributed by atoms with Crippen molar-refractivity contribution in [2.45, 2.75) is 0 Å². The second kappa shape index (κ2) is 14.7. The second-order valence-electron chi connectivity index (χ2n) is 16.2. The number of aromatic nitrogens is 5. The van der Waals surface area contributed by atoms with Crippen LogP contribution < -0.4 is 0 Å². The molecular weight excluding hydrogens is 799 g/mol. The van der Waals surface area contributed by atoms with E-state index in [2.05, 4.69) is 187 Å². The van der Waals surface area contributed by atoms with E-state index >= 15 is 0 Å². The molecule has 0 radical (unpaired) electrons. The fourth-order valence-electron chi connectivity index (χ4n) is 9.36. The summed E-state index contributed by atoms with van der Waals surface area (Å²) in [4.78, 5) is 20.7. The molecule has 0 spiro atoms. The van der Waals surface area contributed by atoms with Gasteiger partial charge in [-0.05, 0) is 70.4 Å². The predicted octanol–water partition coefficient (Wildman–Crippen LogP) is 15.4. The molecule has 4 aromatic heterocycles. The van der Waals surface area contributed by atoms with Crippen LogP contribution in [0.4, 0.5) is 0 Å². The third-order valence-electron chi connectivity index (χ3n) is 12.4. The van der Waals surface area contributed by atoms with Gasteiger partial charge in [0, 0.05) is 59.6 Å². The summed E-state index contributed by atoms with van der Waals surface area (Å²) < 4.78 is 4.79. The third kappa shape index (κ3) is 5.99. The first-order valence-electron chi connectivity index (χ1n) is 21.5. The molecule has 0 aliphatic carbocycles. The molecule has 0 saturated heterocycles. The summed E-state index contributed by atoms with van der Waals surface area (Å²) in [6.45, 7) is 0. The van der Waals surface area contributed by atoms with E-state index in [9.17, 15) is 0 Å². The van der Waals surface area contributed by atoms with Gasteiger partial charge in [0.2, 0.25) is 0 Å². The van der Waals surface area contributed by atoms with Gasteiger partial charge in [0.15, 0.2) is 17.5 Å².